The Morgan fingerprint density at radius 2 is 2.19 bits per heavy atom. The summed E-state index contributed by atoms with van der Waals surface area (Å²) in [6.45, 7) is -4.92. The van der Waals surface area contributed by atoms with Crippen LogP contribution >= 0.6 is 11.6 Å². The Bertz CT molecular complexity index is 678. The lowest BCUT2D eigenvalue weighted by molar-refractivity contribution is 0.122. The van der Waals surface area contributed by atoms with Crippen molar-refractivity contribution in [2.24, 2.45) is 0 Å². The van der Waals surface area contributed by atoms with E-state index in [0.29, 0.717) is 0 Å². The van der Waals surface area contributed by atoms with E-state index in [9.17, 15) is 9.18 Å². The first kappa shape index (κ1) is 10.2. The number of hydrogen-bond acceptors (Lipinski definition) is 4. The first-order valence-corrected chi connectivity index (χ1v) is 6.92. The van der Waals surface area contributed by atoms with Gasteiger partial charge in [-0.3, -0.25) is 4.90 Å². The second kappa shape index (κ2) is 6.07. The summed E-state index contributed by atoms with van der Waals surface area (Å²) in [5.41, 5.74) is 0.319. The molecule has 1 amide bonds. The zero-order valence-corrected chi connectivity index (χ0v) is 11.8. The number of anilines is 2. The molecule has 0 aromatic heterocycles. The van der Waals surface area contributed by atoms with Crippen molar-refractivity contribution in [1.29, 1.82) is 0 Å². The highest BCUT2D eigenvalue weighted by Crippen LogP contribution is 2.28. The monoisotopic (exact) mass is 318 g/mol. The Hall–Kier alpha value is -1.53. The van der Waals surface area contributed by atoms with E-state index in [1.54, 1.807) is 0 Å². The van der Waals surface area contributed by atoms with Crippen molar-refractivity contribution < 1.29 is 24.1 Å². The predicted octanol–water partition coefficient (Wildman–Crippen LogP) is 2.23. The highest BCUT2D eigenvalue weighted by Gasteiger charge is 2.32. The second-order valence-electron chi connectivity index (χ2n) is 4.65. The van der Waals surface area contributed by atoms with Gasteiger partial charge in [-0.25, -0.2) is 9.18 Å². The van der Waals surface area contributed by atoms with Gasteiger partial charge < -0.3 is 14.4 Å². The number of alkyl halides is 1. The van der Waals surface area contributed by atoms with Crippen molar-refractivity contribution in [3.05, 3.63) is 24.0 Å². The van der Waals surface area contributed by atoms with Crippen LogP contribution in [0.15, 0.2) is 18.2 Å². The van der Waals surface area contributed by atoms with Crippen molar-refractivity contribution in [1.82, 2.24) is 0 Å². The van der Waals surface area contributed by atoms with Crippen LogP contribution in [0.4, 0.5) is 20.6 Å². The fourth-order valence-corrected chi connectivity index (χ4v) is 2.39. The molecule has 21 heavy (non-hydrogen) atoms. The van der Waals surface area contributed by atoms with E-state index < -0.39 is 31.1 Å². The van der Waals surface area contributed by atoms with Gasteiger partial charge >= 0.3 is 6.09 Å². The molecule has 5 nitrogen and oxygen atoms in total. The van der Waals surface area contributed by atoms with Gasteiger partial charge in [0.2, 0.25) is 0 Å². The Morgan fingerprint density at radius 3 is 2.81 bits per heavy atom. The molecule has 0 N–H and O–H groups in total. The average Bonchev–Trinajstić information content (AvgIpc) is 2.85. The smallest absolute Gasteiger partial charge is 0.414 e. The van der Waals surface area contributed by atoms with Crippen molar-refractivity contribution in [3.8, 4) is 0 Å². The van der Waals surface area contributed by atoms with Crippen LogP contribution in [0.2, 0.25) is 0 Å². The SMILES string of the molecule is [2H]C1([2H])CN(c2ccc(N3C[C@H](CCl)OC3=O)cc2F)CC([2H])([2H])O1. The highest BCUT2D eigenvalue weighted by molar-refractivity contribution is 6.18. The molecule has 2 fully saturated rings. The minimum Gasteiger partial charge on any atom is -0.443 e. The predicted molar refractivity (Wildman–Crippen MR) is 77.8 cm³/mol. The summed E-state index contributed by atoms with van der Waals surface area (Å²) in [4.78, 5) is 14.3. The van der Waals surface area contributed by atoms with E-state index in [2.05, 4.69) is 0 Å². The maximum Gasteiger partial charge on any atom is 0.414 e. The number of ether oxygens (including phenoxy) is 2. The number of rotatable bonds is 3. The van der Waals surface area contributed by atoms with Crippen LogP contribution in [0.1, 0.15) is 5.48 Å². The molecule has 1 aromatic carbocycles. The molecule has 0 unspecified atom stereocenters. The van der Waals surface area contributed by atoms with Gasteiger partial charge in [-0.1, -0.05) is 0 Å². The third kappa shape index (κ3) is 2.91. The molecule has 1 aromatic rings. The van der Waals surface area contributed by atoms with E-state index in [1.165, 1.54) is 21.9 Å². The number of morpholine rings is 1. The van der Waals surface area contributed by atoms with Gasteiger partial charge in [-0.05, 0) is 18.2 Å². The molecule has 0 radical (unpaired) electrons. The second-order valence-corrected chi connectivity index (χ2v) is 4.96. The molecule has 0 aliphatic carbocycles. The number of hydrogen-bond donors (Lipinski definition) is 0. The van der Waals surface area contributed by atoms with Crippen LogP contribution in [0.3, 0.4) is 0 Å². The third-order valence-electron chi connectivity index (χ3n) is 3.28. The van der Waals surface area contributed by atoms with Crippen LogP contribution in [0.25, 0.3) is 0 Å². The van der Waals surface area contributed by atoms with Crippen molar-refractivity contribution >= 4 is 29.1 Å². The van der Waals surface area contributed by atoms with Crippen LogP contribution in [0.5, 0.6) is 0 Å². The molecule has 0 saturated carbocycles. The van der Waals surface area contributed by atoms with E-state index in [0.717, 1.165) is 6.07 Å². The molecule has 2 aliphatic rings. The Morgan fingerprint density at radius 1 is 1.43 bits per heavy atom. The van der Waals surface area contributed by atoms with Gasteiger partial charge in [0, 0.05) is 13.1 Å². The molecule has 2 saturated heterocycles. The van der Waals surface area contributed by atoms with Gasteiger partial charge in [0.15, 0.2) is 0 Å². The van der Waals surface area contributed by atoms with E-state index in [4.69, 9.17) is 26.6 Å². The van der Waals surface area contributed by atoms with Gasteiger partial charge in [0.25, 0.3) is 0 Å². The van der Waals surface area contributed by atoms with Crippen LogP contribution in [-0.2, 0) is 9.47 Å². The lowest BCUT2D eigenvalue weighted by Crippen LogP contribution is -2.36. The molecule has 1 atom stereocenters. The van der Waals surface area contributed by atoms with Gasteiger partial charge in [0.05, 0.1) is 42.4 Å². The summed E-state index contributed by atoms with van der Waals surface area (Å²) in [6, 6.07) is 4.01. The molecule has 0 bridgehead atoms. The summed E-state index contributed by atoms with van der Waals surface area (Å²) in [5.74, 6) is -0.561. The zero-order chi connectivity index (χ0) is 18.4. The van der Waals surface area contributed by atoms with Crippen molar-refractivity contribution in [2.75, 3.05) is 48.4 Å². The third-order valence-corrected chi connectivity index (χ3v) is 3.63. The number of nitrogens with zero attached hydrogens (tertiary/aromatic N) is 2. The van der Waals surface area contributed by atoms with E-state index in [1.807, 2.05) is 0 Å². The van der Waals surface area contributed by atoms with E-state index >= 15 is 0 Å². The Kier molecular flexibility index (Phi) is 2.96. The molecular weight excluding hydrogens is 299 g/mol. The summed E-state index contributed by atoms with van der Waals surface area (Å²) >= 11 is 5.67. The number of amides is 1. The molecule has 0 spiro atoms. The van der Waals surface area contributed by atoms with Gasteiger partial charge in [-0.2, -0.15) is 0 Å². The standard InChI is InChI=1S/C14H16ClFN2O3/c15-8-11-9-18(14(19)21-11)10-1-2-13(12(16)7-10)17-3-5-20-6-4-17/h1-2,7,11H,3-6,8-9H2/t11-/m0/s1/i5D2,6D2. The van der Waals surface area contributed by atoms with Crippen molar-refractivity contribution in [3.63, 3.8) is 0 Å². The summed E-state index contributed by atoms with van der Waals surface area (Å²) in [7, 11) is 0. The van der Waals surface area contributed by atoms with E-state index in [-0.39, 0.29) is 36.9 Å². The van der Waals surface area contributed by atoms with Gasteiger partial charge in [-0.15, -0.1) is 11.6 Å². The maximum atomic E-state index is 14.6. The first-order valence-electron chi connectivity index (χ1n) is 8.39. The normalized spacial score (nSPS) is 30.2. The lowest BCUT2D eigenvalue weighted by atomic mass is 10.2. The van der Waals surface area contributed by atoms with Crippen LogP contribution in [0, 0.1) is 5.82 Å². The number of benzene rings is 1. The fraction of sp³-hybridized carbons (Fsp3) is 0.500. The highest BCUT2D eigenvalue weighted by atomic mass is 35.5. The van der Waals surface area contributed by atoms with Crippen LogP contribution in [-0.4, -0.2) is 50.8 Å². The minimum absolute atomic E-state index is 0.0289. The largest absolute Gasteiger partial charge is 0.443 e. The molecule has 2 aliphatic heterocycles. The minimum atomic E-state index is -2.25. The Labute approximate surface area is 132 Å². The number of carbonyl (C=O) groups is 1. The molecule has 2 heterocycles. The summed E-state index contributed by atoms with van der Waals surface area (Å²) in [5, 5.41) is 0. The van der Waals surface area contributed by atoms with Crippen molar-refractivity contribution in [2.45, 2.75) is 6.10 Å². The van der Waals surface area contributed by atoms with Crippen LogP contribution < -0.4 is 9.80 Å². The first-order chi connectivity index (χ1) is 11.6. The molecule has 3 rings (SSSR count). The summed E-state index contributed by atoms with van der Waals surface area (Å²) < 4.78 is 54.9. The number of carbonyl (C=O) groups excluding carboxylic acids is 1. The Balaban J connectivity index is 1.84. The molecule has 7 heteroatoms. The lowest BCUT2D eigenvalue weighted by Gasteiger charge is -2.29. The number of cyclic esters (lactones) is 1. The average molecular weight is 319 g/mol. The molecule has 114 valence electrons. The topological polar surface area (TPSA) is 42.0 Å². The number of halogens is 2. The zero-order valence-electron chi connectivity index (χ0n) is 15.0. The fourth-order valence-electron chi connectivity index (χ4n) is 2.23. The quantitative estimate of drug-likeness (QED) is 0.802. The van der Waals surface area contributed by atoms with Gasteiger partial charge in [0.1, 0.15) is 11.9 Å². The molecular formula is C14H16ClFN2O3. The summed E-state index contributed by atoms with van der Waals surface area (Å²) in [6.07, 6.45) is -1.08. The maximum absolute atomic E-state index is 14.6.